The highest BCUT2D eigenvalue weighted by Gasteiger charge is 2.20. The fraction of sp³-hybridized carbons (Fsp3) is 0.273. The first-order chi connectivity index (χ1) is 14.5. The molecule has 0 unspecified atom stereocenters. The highest BCUT2D eigenvalue weighted by molar-refractivity contribution is 6.07. The Bertz CT molecular complexity index is 1080. The molecule has 1 aliphatic heterocycles. The second kappa shape index (κ2) is 8.44. The normalized spacial score (nSPS) is 13.9. The number of aromatic nitrogens is 3. The smallest absolute Gasteiger partial charge is 0.276 e. The second-order valence-electron chi connectivity index (χ2n) is 7.31. The van der Waals surface area contributed by atoms with E-state index < -0.39 is 11.7 Å². The van der Waals surface area contributed by atoms with Gasteiger partial charge in [0, 0.05) is 25.0 Å². The van der Waals surface area contributed by atoms with Gasteiger partial charge in [0.05, 0.1) is 29.0 Å². The van der Waals surface area contributed by atoms with Crippen molar-refractivity contribution < 1.29 is 9.18 Å². The second-order valence-corrected chi connectivity index (χ2v) is 7.31. The summed E-state index contributed by atoms with van der Waals surface area (Å²) in [6.45, 7) is 3.63. The van der Waals surface area contributed by atoms with Crippen LogP contribution < -0.4 is 16.0 Å². The number of aryl methyl sites for hydroxylation is 1. The minimum atomic E-state index is -0.510. The Hall–Kier alpha value is -3.55. The zero-order chi connectivity index (χ0) is 21.1. The maximum absolute atomic E-state index is 14.2. The lowest BCUT2D eigenvalue weighted by molar-refractivity contribution is 0.102. The highest BCUT2D eigenvalue weighted by atomic mass is 19.1. The largest absolute Gasteiger partial charge is 0.397 e. The number of nitrogens with one attached hydrogen (secondary N) is 1. The summed E-state index contributed by atoms with van der Waals surface area (Å²) in [6.07, 6.45) is 6.76. The van der Waals surface area contributed by atoms with Crippen LogP contribution in [0.1, 0.15) is 35.4 Å². The molecule has 1 amide bonds. The van der Waals surface area contributed by atoms with Gasteiger partial charge in [-0.2, -0.15) is 0 Å². The summed E-state index contributed by atoms with van der Waals surface area (Å²) in [7, 11) is 0. The molecular formula is C22H23FN6O. The number of carbonyl (C=O) groups is 1. The summed E-state index contributed by atoms with van der Waals surface area (Å²) in [5.41, 5.74) is 8.72. The standard InChI is InChI=1S/C22H23FN6O/c1-14-5-6-15(23)20(26-14)17-8-7-16(24)21(27-17)22(30)28-18-13-25-10-9-19(18)29-11-3-2-4-12-29/h5-10,13H,2-4,11-12,24H2,1H3,(H,28,30). The molecule has 0 atom stereocenters. The zero-order valence-electron chi connectivity index (χ0n) is 16.7. The molecule has 0 aromatic carbocycles. The van der Waals surface area contributed by atoms with Crippen LogP contribution in [-0.4, -0.2) is 33.9 Å². The lowest BCUT2D eigenvalue weighted by Crippen LogP contribution is -2.30. The van der Waals surface area contributed by atoms with Gasteiger partial charge in [-0.25, -0.2) is 14.4 Å². The maximum Gasteiger partial charge on any atom is 0.276 e. The van der Waals surface area contributed by atoms with Gasteiger partial charge < -0.3 is 16.0 Å². The minimum Gasteiger partial charge on any atom is -0.397 e. The number of hydrogen-bond acceptors (Lipinski definition) is 6. The summed E-state index contributed by atoms with van der Waals surface area (Å²) in [5.74, 6) is -0.988. The van der Waals surface area contributed by atoms with Crippen molar-refractivity contribution in [2.24, 2.45) is 0 Å². The number of carbonyl (C=O) groups excluding carboxylic acids is 1. The molecule has 1 saturated heterocycles. The Labute approximate surface area is 174 Å². The Balaban J connectivity index is 1.64. The van der Waals surface area contributed by atoms with Gasteiger partial charge in [0.1, 0.15) is 5.69 Å². The molecule has 7 nitrogen and oxygen atoms in total. The lowest BCUT2D eigenvalue weighted by Gasteiger charge is -2.30. The molecular weight excluding hydrogens is 383 g/mol. The third-order valence-corrected chi connectivity index (χ3v) is 5.11. The van der Waals surface area contributed by atoms with Crippen LogP contribution in [0.25, 0.3) is 11.4 Å². The van der Waals surface area contributed by atoms with Crippen molar-refractivity contribution in [3.63, 3.8) is 0 Å². The van der Waals surface area contributed by atoms with Crippen molar-refractivity contribution in [1.29, 1.82) is 0 Å². The van der Waals surface area contributed by atoms with Crippen molar-refractivity contribution in [3.8, 4) is 11.4 Å². The van der Waals surface area contributed by atoms with Gasteiger partial charge in [0.2, 0.25) is 0 Å². The number of rotatable bonds is 4. The number of amides is 1. The molecule has 0 radical (unpaired) electrons. The predicted molar refractivity (Wildman–Crippen MR) is 115 cm³/mol. The molecule has 8 heteroatoms. The van der Waals surface area contributed by atoms with Gasteiger partial charge >= 0.3 is 0 Å². The SMILES string of the molecule is Cc1ccc(F)c(-c2ccc(N)c(C(=O)Nc3cnccc3N3CCCCC3)n2)n1. The van der Waals surface area contributed by atoms with Crippen molar-refractivity contribution in [2.45, 2.75) is 26.2 Å². The van der Waals surface area contributed by atoms with E-state index in [-0.39, 0.29) is 22.8 Å². The van der Waals surface area contributed by atoms with E-state index in [4.69, 9.17) is 5.73 Å². The highest BCUT2D eigenvalue weighted by Crippen LogP contribution is 2.28. The van der Waals surface area contributed by atoms with Crippen LogP contribution in [0.5, 0.6) is 0 Å². The van der Waals surface area contributed by atoms with E-state index in [1.807, 2.05) is 6.07 Å². The quantitative estimate of drug-likeness (QED) is 0.684. The average Bonchev–Trinajstić information content (AvgIpc) is 2.77. The van der Waals surface area contributed by atoms with Gasteiger partial charge in [-0.05, 0) is 56.5 Å². The van der Waals surface area contributed by atoms with Crippen molar-refractivity contribution in [3.05, 3.63) is 59.9 Å². The molecule has 0 aliphatic carbocycles. The molecule has 1 aliphatic rings. The molecule has 4 rings (SSSR count). The number of piperidine rings is 1. The van der Waals surface area contributed by atoms with Crippen LogP contribution in [-0.2, 0) is 0 Å². The van der Waals surface area contributed by atoms with Gasteiger partial charge in [0.25, 0.3) is 5.91 Å². The Kier molecular flexibility index (Phi) is 5.56. The number of nitrogens with zero attached hydrogens (tertiary/aromatic N) is 4. The topological polar surface area (TPSA) is 97.0 Å². The summed E-state index contributed by atoms with van der Waals surface area (Å²) in [5, 5.41) is 2.87. The monoisotopic (exact) mass is 406 g/mol. The van der Waals surface area contributed by atoms with Crippen LogP contribution in [0.3, 0.4) is 0 Å². The van der Waals surface area contributed by atoms with E-state index in [0.29, 0.717) is 11.4 Å². The third kappa shape index (κ3) is 4.07. The number of hydrogen-bond donors (Lipinski definition) is 2. The molecule has 1 fully saturated rings. The fourth-order valence-corrected chi connectivity index (χ4v) is 3.58. The predicted octanol–water partition coefficient (Wildman–Crippen LogP) is 3.81. The molecule has 3 aromatic rings. The van der Waals surface area contributed by atoms with E-state index in [9.17, 15) is 9.18 Å². The number of halogens is 1. The van der Waals surface area contributed by atoms with E-state index in [0.717, 1.165) is 31.6 Å². The van der Waals surface area contributed by atoms with Crippen LogP contribution in [0.2, 0.25) is 0 Å². The summed E-state index contributed by atoms with van der Waals surface area (Å²) in [4.78, 5) is 27.9. The number of pyridine rings is 3. The van der Waals surface area contributed by atoms with Gasteiger partial charge in [-0.15, -0.1) is 0 Å². The van der Waals surface area contributed by atoms with E-state index in [1.165, 1.54) is 18.6 Å². The number of anilines is 3. The molecule has 3 N–H and O–H groups in total. The number of nitrogen functional groups attached to an aromatic ring is 1. The molecule has 154 valence electrons. The average molecular weight is 406 g/mol. The molecule has 3 aromatic heterocycles. The lowest BCUT2D eigenvalue weighted by atomic mass is 10.1. The van der Waals surface area contributed by atoms with Crippen LogP contribution in [0, 0.1) is 12.7 Å². The van der Waals surface area contributed by atoms with E-state index >= 15 is 0 Å². The van der Waals surface area contributed by atoms with Crippen LogP contribution in [0.15, 0.2) is 42.7 Å². The molecule has 0 spiro atoms. The molecule has 30 heavy (non-hydrogen) atoms. The van der Waals surface area contributed by atoms with Crippen LogP contribution >= 0.6 is 0 Å². The van der Waals surface area contributed by atoms with E-state index in [1.54, 1.807) is 31.5 Å². The third-order valence-electron chi connectivity index (χ3n) is 5.11. The van der Waals surface area contributed by atoms with Gasteiger partial charge in [0.15, 0.2) is 11.5 Å². The summed E-state index contributed by atoms with van der Waals surface area (Å²) >= 11 is 0. The summed E-state index contributed by atoms with van der Waals surface area (Å²) in [6, 6.07) is 7.89. The first-order valence-electron chi connectivity index (χ1n) is 9.93. The van der Waals surface area contributed by atoms with Gasteiger partial charge in [-0.3, -0.25) is 9.78 Å². The fourth-order valence-electron chi connectivity index (χ4n) is 3.58. The first kappa shape index (κ1) is 19.8. The Morgan fingerprint density at radius 1 is 1.10 bits per heavy atom. The Morgan fingerprint density at radius 3 is 2.70 bits per heavy atom. The van der Waals surface area contributed by atoms with Crippen LogP contribution in [0.4, 0.5) is 21.5 Å². The van der Waals surface area contributed by atoms with E-state index in [2.05, 4.69) is 25.2 Å². The van der Waals surface area contributed by atoms with Crippen molar-refractivity contribution >= 4 is 23.0 Å². The minimum absolute atomic E-state index is 0.0173. The number of nitrogens with two attached hydrogens (primary N) is 1. The van der Waals surface area contributed by atoms with Crippen molar-refractivity contribution in [1.82, 2.24) is 15.0 Å². The Morgan fingerprint density at radius 2 is 1.90 bits per heavy atom. The van der Waals surface area contributed by atoms with Gasteiger partial charge in [-0.1, -0.05) is 0 Å². The van der Waals surface area contributed by atoms with Crippen molar-refractivity contribution in [2.75, 3.05) is 29.0 Å². The molecule has 4 heterocycles. The zero-order valence-corrected chi connectivity index (χ0v) is 16.7. The first-order valence-corrected chi connectivity index (χ1v) is 9.93. The molecule has 0 saturated carbocycles. The molecule has 0 bridgehead atoms. The maximum atomic E-state index is 14.2. The summed E-state index contributed by atoms with van der Waals surface area (Å²) < 4.78 is 14.2.